The van der Waals surface area contributed by atoms with Crippen LogP contribution < -0.4 is 4.74 Å². The lowest BCUT2D eigenvalue weighted by atomic mass is 10.3. The second-order valence-electron chi connectivity index (χ2n) is 2.28. The van der Waals surface area contributed by atoms with E-state index in [0.717, 1.165) is 0 Å². The Morgan fingerprint density at radius 2 is 1.77 bits per heavy atom. The van der Waals surface area contributed by atoms with Crippen molar-refractivity contribution < 1.29 is 17.9 Å². The molecule has 0 saturated carbocycles. The molecule has 0 heterocycles. The molecule has 1 rings (SSSR count). The molecule has 1 aromatic carbocycles. The molecule has 0 aromatic heterocycles. The van der Waals surface area contributed by atoms with Crippen molar-refractivity contribution in [2.24, 2.45) is 0 Å². The Bertz CT molecular complexity index is 263. The fraction of sp³-hybridized carbons (Fsp3) is 0.250. The number of alkyl halides is 4. The Balaban J connectivity index is 2.69. The third-order valence-electron chi connectivity index (χ3n) is 1.25. The van der Waals surface area contributed by atoms with E-state index in [1.807, 2.05) is 0 Å². The van der Waals surface area contributed by atoms with Crippen LogP contribution in [0.4, 0.5) is 13.2 Å². The maximum Gasteiger partial charge on any atom is 0.444 e. The van der Waals surface area contributed by atoms with Crippen LogP contribution in [-0.2, 0) is 0 Å². The molecule has 0 saturated heterocycles. The van der Waals surface area contributed by atoms with Gasteiger partial charge >= 0.3 is 6.11 Å². The van der Waals surface area contributed by atoms with Gasteiger partial charge in [-0.2, -0.15) is 8.78 Å². The van der Waals surface area contributed by atoms with Gasteiger partial charge < -0.3 is 4.74 Å². The number of benzene rings is 1. The maximum absolute atomic E-state index is 12.5. The van der Waals surface area contributed by atoms with Crippen LogP contribution in [0.2, 0.25) is 0 Å². The molecule has 0 aliphatic heterocycles. The second kappa shape index (κ2) is 3.87. The molecule has 0 radical (unpaired) electrons. The number of ether oxygens (including phenoxy) is 1. The average Bonchev–Trinajstić information content (AvgIpc) is 2.05. The lowest BCUT2D eigenvalue weighted by molar-refractivity contribution is -0.199. The zero-order valence-corrected chi connectivity index (χ0v) is 7.14. The van der Waals surface area contributed by atoms with Crippen LogP contribution in [0.3, 0.4) is 0 Å². The first kappa shape index (κ1) is 10.2. The van der Waals surface area contributed by atoms with Gasteiger partial charge in [0.25, 0.3) is 5.63 Å². The lowest BCUT2D eigenvalue weighted by Crippen LogP contribution is -2.32. The lowest BCUT2D eigenvalue weighted by Gasteiger charge is -2.17. The summed E-state index contributed by atoms with van der Waals surface area (Å²) in [4.78, 5) is 0. The van der Waals surface area contributed by atoms with E-state index in [4.69, 9.17) is 0 Å². The van der Waals surface area contributed by atoms with E-state index < -0.39 is 11.7 Å². The Morgan fingerprint density at radius 1 is 1.23 bits per heavy atom. The molecular formula is C8H6ClF3O. The summed E-state index contributed by atoms with van der Waals surface area (Å²) < 4.78 is 41.1. The molecule has 1 unspecified atom stereocenters. The highest BCUT2D eigenvalue weighted by Crippen LogP contribution is 2.28. The third kappa shape index (κ3) is 2.81. The van der Waals surface area contributed by atoms with Crippen molar-refractivity contribution in [1.82, 2.24) is 0 Å². The van der Waals surface area contributed by atoms with E-state index in [-0.39, 0.29) is 5.75 Å². The van der Waals surface area contributed by atoms with Gasteiger partial charge in [0.1, 0.15) is 5.75 Å². The summed E-state index contributed by atoms with van der Waals surface area (Å²) in [5.74, 6) is -0.129. The summed E-state index contributed by atoms with van der Waals surface area (Å²) in [5.41, 5.74) is -2.85. The molecule has 0 bridgehead atoms. The van der Waals surface area contributed by atoms with Crippen LogP contribution in [0, 0.1) is 0 Å². The normalized spacial score (nSPS) is 13.8. The second-order valence-corrected chi connectivity index (χ2v) is 2.66. The van der Waals surface area contributed by atoms with Crippen LogP contribution in [-0.4, -0.2) is 11.7 Å². The van der Waals surface area contributed by atoms with E-state index in [9.17, 15) is 13.2 Å². The van der Waals surface area contributed by atoms with Crippen molar-refractivity contribution in [2.75, 3.05) is 0 Å². The minimum absolute atomic E-state index is 0.129. The van der Waals surface area contributed by atoms with Gasteiger partial charge in [0.15, 0.2) is 0 Å². The molecule has 0 N–H and O–H groups in total. The topological polar surface area (TPSA) is 9.23 Å². The molecule has 72 valence electrons. The number of rotatable bonds is 3. The molecule has 1 nitrogen and oxygen atoms in total. The van der Waals surface area contributed by atoms with Crippen molar-refractivity contribution in [3.8, 4) is 5.75 Å². The average molecular weight is 211 g/mol. The van der Waals surface area contributed by atoms with Crippen LogP contribution >= 0.6 is 11.6 Å². The molecule has 0 aliphatic carbocycles. The van der Waals surface area contributed by atoms with Crippen LogP contribution in [0.15, 0.2) is 30.3 Å². The van der Waals surface area contributed by atoms with Crippen LogP contribution in [0.25, 0.3) is 0 Å². The molecule has 0 aliphatic rings. The fourth-order valence-electron chi connectivity index (χ4n) is 0.690. The minimum Gasteiger partial charge on any atom is -0.429 e. The zero-order chi connectivity index (χ0) is 9.90. The van der Waals surface area contributed by atoms with Crippen molar-refractivity contribution in [3.63, 3.8) is 0 Å². The maximum atomic E-state index is 12.5. The molecule has 1 aromatic rings. The molecular weight excluding hydrogens is 205 g/mol. The van der Waals surface area contributed by atoms with Gasteiger partial charge in [-0.05, 0) is 12.1 Å². The highest BCUT2D eigenvalue weighted by atomic mass is 35.5. The molecule has 5 heteroatoms. The van der Waals surface area contributed by atoms with Crippen LogP contribution in [0.1, 0.15) is 0 Å². The summed E-state index contributed by atoms with van der Waals surface area (Å²) >= 11 is 4.58. The van der Waals surface area contributed by atoms with Crippen molar-refractivity contribution in [1.29, 1.82) is 0 Å². The van der Waals surface area contributed by atoms with E-state index in [0.29, 0.717) is 0 Å². The molecule has 0 spiro atoms. The molecule has 0 fully saturated rings. The van der Waals surface area contributed by atoms with Crippen molar-refractivity contribution in [3.05, 3.63) is 30.3 Å². The Kier molecular flexibility index (Phi) is 3.03. The van der Waals surface area contributed by atoms with Crippen molar-refractivity contribution in [2.45, 2.75) is 11.7 Å². The first-order valence-corrected chi connectivity index (χ1v) is 3.86. The summed E-state index contributed by atoms with van der Waals surface area (Å²) in [6, 6.07) is 7.18. The number of hydrogen-bond donors (Lipinski definition) is 0. The van der Waals surface area contributed by atoms with E-state index >= 15 is 0 Å². The van der Waals surface area contributed by atoms with Gasteiger partial charge in [-0.15, -0.1) is 0 Å². The first-order chi connectivity index (χ1) is 6.02. The van der Waals surface area contributed by atoms with Crippen LogP contribution in [0.5, 0.6) is 5.75 Å². The predicted octanol–water partition coefficient (Wildman–Crippen LogP) is 3.19. The monoisotopic (exact) mass is 210 g/mol. The van der Waals surface area contributed by atoms with Gasteiger partial charge in [-0.3, -0.25) is 0 Å². The molecule has 1 atom stereocenters. The molecule has 0 amide bonds. The first-order valence-electron chi connectivity index (χ1n) is 3.42. The summed E-state index contributed by atoms with van der Waals surface area (Å²) in [7, 11) is 0. The third-order valence-corrected chi connectivity index (χ3v) is 1.51. The number of halogens is 4. The number of hydrogen-bond acceptors (Lipinski definition) is 1. The van der Waals surface area contributed by atoms with Gasteiger partial charge in [0.05, 0.1) is 0 Å². The van der Waals surface area contributed by atoms with Gasteiger partial charge in [-0.1, -0.05) is 29.8 Å². The Labute approximate surface area is 78.1 Å². The standard InChI is InChI=1S/C8H6ClF3O/c9-7(10)8(11,12)13-6-4-2-1-3-5-6/h1-5,7H. The van der Waals surface area contributed by atoms with E-state index in [1.54, 1.807) is 6.07 Å². The largest absolute Gasteiger partial charge is 0.444 e. The number of para-hydroxylation sites is 1. The quantitative estimate of drug-likeness (QED) is 0.697. The minimum atomic E-state index is -4.00. The SMILES string of the molecule is FC(Cl)C(F)(F)Oc1ccccc1. The smallest absolute Gasteiger partial charge is 0.429 e. The predicted molar refractivity (Wildman–Crippen MR) is 42.8 cm³/mol. The van der Waals surface area contributed by atoms with Gasteiger partial charge in [0, 0.05) is 0 Å². The van der Waals surface area contributed by atoms with E-state index in [2.05, 4.69) is 16.3 Å². The summed E-state index contributed by atoms with van der Waals surface area (Å²) in [6.07, 6.45) is -4.00. The summed E-state index contributed by atoms with van der Waals surface area (Å²) in [5, 5.41) is 0. The Hall–Kier alpha value is -0.900. The Morgan fingerprint density at radius 3 is 2.23 bits per heavy atom. The van der Waals surface area contributed by atoms with Gasteiger partial charge in [-0.25, -0.2) is 4.39 Å². The summed E-state index contributed by atoms with van der Waals surface area (Å²) in [6.45, 7) is 0. The fourth-order valence-corrected chi connectivity index (χ4v) is 0.735. The van der Waals surface area contributed by atoms with Crippen molar-refractivity contribution >= 4 is 11.6 Å². The van der Waals surface area contributed by atoms with Gasteiger partial charge in [0.2, 0.25) is 0 Å². The van der Waals surface area contributed by atoms with E-state index in [1.165, 1.54) is 24.3 Å². The zero-order valence-electron chi connectivity index (χ0n) is 6.38. The highest BCUT2D eigenvalue weighted by molar-refractivity contribution is 6.20. The highest BCUT2D eigenvalue weighted by Gasteiger charge is 2.41. The molecule has 13 heavy (non-hydrogen) atoms.